The highest BCUT2D eigenvalue weighted by atomic mass is 35.5. The van der Waals surface area contributed by atoms with Crippen LogP contribution in [0.4, 0.5) is 0 Å². The van der Waals surface area contributed by atoms with Crippen LogP contribution in [0.5, 0.6) is 6.01 Å². The zero-order chi connectivity index (χ0) is 16.2. The van der Waals surface area contributed by atoms with Gasteiger partial charge in [0.1, 0.15) is 6.10 Å². The van der Waals surface area contributed by atoms with Crippen molar-refractivity contribution >= 4 is 17.5 Å². The molecule has 0 spiro atoms. The van der Waals surface area contributed by atoms with Crippen molar-refractivity contribution in [2.75, 3.05) is 13.1 Å². The summed E-state index contributed by atoms with van der Waals surface area (Å²) in [5, 5.41) is 0.490. The zero-order valence-corrected chi connectivity index (χ0v) is 13.7. The number of piperidine rings is 1. The molecular formula is C17H18ClN3O2. The second kappa shape index (κ2) is 6.96. The number of aryl methyl sites for hydroxylation is 1. The maximum atomic E-state index is 12.5. The monoisotopic (exact) mass is 331 g/mol. The van der Waals surface area contributed by atoms with Gasteiger partial charge in [-0.3, -0.25) is 4.79 Å². The predicted molar refractivity (Wildman–Crippen MR) is 87.8 cm³/mol. The van der Waals surface area contributed by atoms with Gasteiger partial charge in [0.05, 0.1) is 10.6 Å². The molecule has 0 aliphatic carbocycles. The molecule has 1 aromatic carbocycles. The summed E-state index contributed by atoms with van der Waals surface area (Å²) in [6, 6.07) is 7.53. The summed E-state index contributed by atoms with van der Waals surface area (Å²) in [7, 11) is 0. The average Bonchev–Trinajstić information content (AvgIpc) is 2.57. The van der Waals surface area contributed by atoms with Gasteiger partial charge in [0.25, 0.3) is 5.91 Å². The number of carbonyl (C=O) groups excluding carboxylic acids is 1. The van der Waals surface area contributed by atoms with Gasteiger partial charge in [-0.15, -0.1) is 0 Å². The Hall–Kier alpha value is -2.14. The van der Waals surface area contributed by atoms with Crippen molar-refractivity contribution in [2.24, 2.45) is 0 Å². The molecule has 6 heteroatoms. The van der Waals surface area contributed by atoms with Crippen molar-refractivity contribution in [2.45, 2.75) is 25.9 Å². The van der Waals surface area contributed by atoms with Crippen LogP contribution in [-0.2, 0) is 0 Å². The first-order valence-electron chi connectivity index (χ1n) is 7.62. The minimum atomic E-state index is -0.0272. The van der Waals surface area contributed by atoms with Crippen LogP contribution in [0.1, 0.15) is 28.8 Å². The normalized spacial score (nSPS) is 15.5. The van der Waals surface area contributed by atoms with Crippen LogP contribution in [0.15, 0.2) is 36.7 Å². The molecule has 0 atom stereocenters. The van der Waals surface area contributed by atoms with Crippen LogP contribution in [0, 0.1) is 6.92 Å². The molecule has 0 unspecified atom stereocenters. The predicted octanol–water partition coefficient (Wildman–Crippen LogP) is 3.12. The lowest BCUT2D eigenvalue weighted by molar-refractivity contribution is 0.0578. The summed E-state index contributed by atoms with van der Waals surface area (Å²) in [6.07, 6.45) is 5.02. The molecule has 2 heterocycles. The molecule has 1 amide bonds. The highest BCUT2D eigenvalue weighted by Crippen LogP contribution is 2.21. The molecule has 0 radical (unpaired) electrons. The Balaban J connectivity index is 1.57. The highest BCUT2D eigenvalue weighted by molar-refractivity contribution is 6.33. The first kappa shape index (κ1) is 15.7. The van der Waals surface area contributed by atoms with Crippen LogP contribution in [0.25, 0.3) is 0 Å². The minimum Gasteiger partial charge on any atom is -0.460 e. The lowest BCUT2D eigenvalue weighted by atomic mass is 10.1. The number of hydrogen-bond acceptors (Lipinski definition) is 4. The third-order valence-corrected chi connectivity index (χ3v) is 4.19. The maximum Gasteiger partial charge on any atom is 0.316 e. The third-order valence-electron chi connectivity index (χ3n) is 3.86. The van der Waals surface area contributed by atoms with Gasteiger partial charge in [0.2, 0.25) is 0 Å². The Kier molecular flexibility index (Phi) is 4.76. The molecule has 120 valence electrons. The fourth-order valence-corrected chi connectivity index (χ4v) is 2.79. The van der Waals surface area contributed by atoms with Crippen molar-refractivity contribution in [1.29, 1.82) is 0 Å². The first-order chi connectivity index (χ1) is 11.1. The molecular weight excluding hydrogens is 314 g/mol. The van der Waals surface area contributed by atoms with E-state index in [1.54, 1.807) is 24.5 Å². The van der Waals surface area contributed by atoms with Gasteiger partial charge in [0, 0.05) is 38.3 Å². The minimum absolute atomic E-state index is 0.0272. The van der Waals surface area contributed by atoms with E-state index in [4.69, 9.17) is 16.3 Å². The average molecular weight is 332 g/mol. The molecule has 2 aromatic rings. The molecule has 23 heavy (non-hydrogen) atoms. The fourth-order valence-electron chi connectivity index (χ4n) is 2.57. The van der Waals surface area contributed by atoms with Crippen molar-refractivity contribution in [3.63, 3.8) is 0 Å². The molecule has 0 saturated carbocycles. The SMILES string of the molecule is Cc1cnc(OC2CCN(C(=O)c3ccccc3Cl)CC2)nc1. The summed E-state index contributed by atoms with van der Waals surface area (Å²) in [6.45, 7) is 3.21. The van der Waals surface area contributed by atoms with Gasteiger partial charge in [-0.25, -0.2) is 9.97 Å². The number of rotatable bonds is 3. The maximum absolute atomic E-state index is 12.5. The van der Waals surface area contributed by atoms with Crippen LogP contribution in [0.2, 0.25) is 5.02 Å². The van der Waals surface area contributed by atoms with Gasteiger partial charge in [-0.1, -0.05) is 23.7 Å². The van der Waals surface area contributed by atoms with Crippen LogP contribution in [-0.4, -0.2) is 40.0 Å². The number of hydrogen-bond donors (Lipinski definition) is 0. The van der Waals surface area contributed by atoms with Gasteiger partial charge in [-0.2, -0.15) is 0 Å². The van der Waals surface area contributed by atoms with Gasteiger partial charge in [0.15, 0.2) is 0 Å². The molecule has 0 N–H and O–H groups in total. The van der Waals surface area contributed by atoms with Gasteiger partial charge < -0.3 is 9.64 Å². The number of aromatic nitrogens is 2. The summed E-state index contributed by atoms with van der Waals surface area (Å²) in [5.74, 6) is -0.0272. The summed E-state index contributed by atoms with van der Waals surface area (Å²) in [4.78, 5) is 22.6. The molecule has 3 rings (SSSR count). The Labute approximate surface area is 140 Å². The molecule has 5 nitrogen and oxygen atoms in total. The number of carbonyl (C=O) groups is 1. The number of halogens is 1. The van der Waals surface area contributed by atoms with Gasteiger partial charge >= 0.3 is 6.01 Å². The van der Waals surface area contributed by atoms with Gasteiger partial charge in [-0.05, 0) is 24.6 Å². The number of likely N-dealkylation sites (tertiary alicyclic amines) is 1. The van der Waals surface area contributed by atoms with Crippen LogP contribution in [0.3, 0.4) is 0 Å². The van der Waals surface area contributed by atoms with Crippen LogP contribution < -0.4 is 4.74 Å². The lowest BCUT2D eigenvalue weighted by Gasteiger charge is -2.31. The van der Waals surface area contributed by atoms with E-state index in [2.05, 4.69) is 9.97 Å². The molecule has 1 saturated heterocycles. The Morgan fingerprint density at radius 1 is 1.22 bits per heavy atom. The Morgan fingerprint density at radius 3 is 2.52 bits per heavy atom. The van der Waals surface area contributed by atoms with E-state index in [1.165, 1.54) is 0 Å². The van der Waals surface area contributed by atoms with E-state index in [0.717, 1.165) is 18.4 Å². The highest BCUT2D eigenvalue weighted by Gasteiger charge is 2.26. The largest absolute Gasteiger partial charge is 0.460 e. The summed E-state index contributed by atoms with van der Waals surface area (Å²) >= 11 is 6.10. The molecule has 1 aliphatic rings. The third kappa shape index (κ3) is 3.79. The first-order valence-corrected chi connectivity index (χ1v) is 8.00. The van der Waals surface area contributed by atoms with E-state index >= 15 is 0 Å². The van der Waals surface area contributed by atoms with E-state index in [9.17, 15) is 4.79 Å². The summed E-state index contributed by atoms with van der Waals surface area (Å²) in [5.41, 5.74) is 1.55. The molecule has 1 aromatic heterocycles. The van der Waals surface area contributed by atoms with E-state index in [-0.39, 0.29) is 12.0 Å². The number of ether oxygens (including phenoxy) is 1. The van der Waals surface area contributed by atoms with E-state index < -0.39 is 0 Å². The second-order valence-corrected chi connectivity index (χ2v) is 6.04. The van der Waals surface area contributed by atoms with Crippen molar-refractivity contribution < 1.29 is 9.53 Å². The quantitative estimate of drug-likeness (QED) is 0.867. The summed E-state index contributed by atoms with van der Waals surface area (Å²) < 4.78 is 5.78. The lowest BCUT2D eigenvalue weighted by Crippen LogP contribution is -2.42. The number of benzene rings is 1. The van der Waals surface area contributed by atoms with Crippen molar-refractivity contribution in [1.82, 2.24) is 14.9 Å². The number of nitrogens with zero attached hydrogens (tertiary/aromatic N) is 3. The number of amides is 1. The van der Waals surface area contributed by atoms with Crippen molar-refractivity contribution in [3.05, 3.63) is 52.8 Å². The molecule has 0 bridgehead atoms. The standard InChI is InChI=1S/C17H18ClN3O2/c1-12-10-19-17(20-11-12)23-13-6-8-21(9-7-13)16(22)14-4-2-3-5-15(14)18/h2-5,10-11,13H,6-9H2,1H3. The smallest absolute Gasteiger partial charge is 0.316 e. The Bertz CT molecular complexity index is 682. The van der Waals surface area contributed by atoms with Crippen molar-refractivity contribution in [3.8, 4) is 6.01 Å². The van der Waals surface area contributed by atoms with E-state index in [0.29, 0.717) is 29.7 Å². The molecule has 1 fully saturated rings. The molecule has 1 aliphatic heterocycles. The fraction of sp³-hybridized carbons (Fsp3) is 0.353. The van der Waals surface area contributed by atoms with Crippen LogP contribution >= 0.6 is 11.6 Å². The topological polar surface area (TPSA) is 55.3 Å². The zero-order valence-electron chi connectivity index (χ0n) is 12.9. The van der Waals surface area contributed by atoms with E-state index in [1.807, 2.05) is 24.0 Å². The Morgan fingerprint density at radius 2 is 1.87 bits per heavy atom. The second-order valence-electron chi connectivity index (χ2n) is 5.63.